The first-order chi connectivity index (χ1) is 14.6. The molecule has 2 heterocycles. The Balaban J connectivity index is 1.82. The Hall–Kier alpha value is -1.99. The summed E-state index contributed by atoms with van der Waals surface area (Å²) < 4.78 is 17.4. The lowest BCUT2D eigenvalue weighted by Crippen LogP contribution is -3.16. The maximum atomic E-state index is 13.1. The number of hydrogen-bond acceptors (Lipinski definition) is 5. The molecule has 0 aromatic heterocycles. The molecule has 30 heavy (non-hydrogen) atoms. The molecule has 0 saturated carbocycles. The van der Waals surface area contributed by atoms with E-state index in [0.29, 0.717) is 37.9 Å². The van der Waals surface area contributed by atoms with Crippen LogP contribution in [0, 0.1) is 0 Å². The summed E-state index contributed by atoms with van der Waals surface area (Å²) in [6, 6.07) is 3.83. The van der Waals surface area contributed by atoms with Crippen molar-refractivity contribution in [2.45, 2.75) is 52.5 Å². The van der Waals surface area contributed by atoms with Crippen LogP contribution in [0.2, 0.25) is 0 Å². The summed E-state index contributed by atoms with van der Waals surface area (Å²) >= 11 is 0. The fourth-order valence-corrected chi connectivity index (χ4v) is 4.29. The largest absolute Gasteiger partial charge is 0.492 e. The van der Waals surface area contributed by atoms with Gasteiger partial charge in [-0.05, 0) is 46.5 Å². The highest BCUT2D eigenvalue weighted by Gasteiger charge is 2.27. The van der Waals surface area contributed by atoms with Gasteiger partial charge in [0.25, 0.3) is 5.91 Å². The number of carbonyl (C=O) groups excluding carboxylic acids is 1. The molecule has 2 aliphatic heterocycles. The summed E-state index contributed by atoms with van der Waals surface area (Å²) in [6.07, 6.45) is 4.93. The van der Waals surface area contributed by atoms with Gasteiger partial charge < -0.3 is 29.3 Å². The monoisotopic (exact) mass is 420 g/mol. The zero-order valence-corrected chi connectivity index (χ0v) is 18.8. The van der Waals surface area contributed by atoms with Crippen LogP contribution < -0.4 is 24.6 Å². The van der Waals surface area contributed by atoms with Gasteiger partial charge in [-0.25, -0.2) is 0 Å². The zero-order chi connectivity index (χ0) is 21.3. The number of morpholine rings is 1. The van der Waals surface area contributed by atoms with E-state index in [4.69, 9.17) is 14.2 Å². The molecule has 0 spiro atoms. The first kappa shape index (κ1) is 22.7. The molecule has 1 atom stereocenters. The molecular weight excluding hydrogens is 382 g/mol. The van der Waals surface area contributed by atoms with Crippen molar-refractivity contribution in [1.82, 2.24) is 0 Å². The summed E-state index contributed by atoms with van der Waals surface area (Å²) in [5.41, 5.74) is 1.68. The average molecular weight is 421 g/mol. The van der Waals surface area contributed by atoms with Crippen molar-refractivity contribution in [3.8, 4) is 11.5 Å². The molecule has 2 N–H and O–H groups in total. The summed E-state index contributed by atoms with van der Waals surface area (Å²) in [5.74, 6) is 1.50. The van der Waals surface area contributed by atoms with Crippen LogP contribution in [0.25, 0.3) is 0 Å². The number of amides is 1. The van der Waals surface area contributed by atoms with Crippen LogP contribution >= 0.6 is 0 Å². The maximum Gasteiger partial charge on any atom is 0.282 e. The van der Waals surface area contributed by atoms with Crippen LogP contribution in [0.4, 0.5) is 11.4 Å². The van der Waals surface area contributed by atoms with Gasteiger partial charge in [0, 0.05) is 25.2 Å². The van der Waals surface area contributed by atoms with Gasteiger partial charge in [-0.3, -0.25) is 4.79 Å². The SMILES string of the molecule is CCOc1cc(N2CCOCC2)c(OCC)cc1NC(=O)[C@@H](C)[NH+]1CCCCCC1. The number of benzene rings is 1. The Kier molecular flexibility index (Phi) is 8.63. The summed E-state index contributed by atoms with van der Waals surface area (Å²) in [7, 11) is 0. The van der Waals surface area contributed by atoms with Gasteiger partial charge in [0.05, 0.1) is 50.9 Å². The zero-order valence-electron chi connectivity index (χ0n) is 18.8. The minimum absolute atomic E-state index is 0.0365. The first-order valence-corrected chi connectivity index (χ1v) is 11.6. The highest BCUT2D eigenvalue weighted by molar-refractivity contribution is 5.96. The Bertz CT molecular complexity index is 683. The highest BCUT2D eigenvalue weighted by Crippen LogP contribution is 2.39. The Labute approximate surface area is 180 Å². The number of rotatable bonds is 8. The van der Waals surface area contributed by atoms with Gasteiger partial charge in [-0.2, -0.15) is 0 Å². The van der Waals surface area contributed by atoms with E-state index in [-0.39, 0.29) is 11.9 Å². The van der Waals surface area contributed by atoms with Crippen LogP contribution in [-0.4, -0.2) is 64.6 Å². The lowest BCUT2D eigenvalue weighted by Gasteiger charge is -2.31. The number of ether oxygens (including phenoxy) is 3. The molecule has 0 radical (unpaired) electrons. The van der Waals surface area contributed by atoms with E-state index in [1.807, 2.05) is 32.9 Å². The average Bonchev–Trinajstić information content (AvgIpc) is 3.05. The predicted octanol–water partition coefficient (Wildman–Crippen LogP) is 2.11. The van der Waals surface area contributed by atoms with E-state index in [0.717, 1.165) is 37.6 Å². The third kappa shape index (κ3) is 5.79. The number of nitrogens with zero attached hydrogens (tertiary/aromatic N) is 1. The van der Waals surface area contributed by atoms with E-state index < -0.39 is 0 Å². The third-order valence-corrected chi connectivity index (χ3v) is 6.02. The minimum atomic E-state index is -0.0907. The maximum absolute atomic E-state index is 13.1. The topological polar surface area (TPSA) is 64.5 Å². The Morgan fingerprint density at radius 3 is 2.33 bits per heavy atom. The summed E-state index contributed by atoms with van der Waals surface area (Å²) in [6.45, 7) is 12.2. The van der Waals surface area contributed by atoms with E-state index in [1.165, 1.54) is 30.6 Å². The molecule has 1 aromatic carbocycles. The van der Waals surface area contributed by atoms with Crippen molar-refractivity contribution in [3.63, 3.8) is 0 Å². The van der Waals surface area contributed by atoms with E-state index >= 15 is 0 Å². The molecule has 1 amide bonds. The van der Waals surface area contributed by atoms with Crippen LogP contribution in [0.1, 0.15) is 46.5 Å². The van der Waals surface area contributed by atoms with Gasteiger partial charge in [0.1, 0.15) is 11.5 Å². The second-order valence-corrected chi connectivity index (χ2v) is 8.06. The van der Waals surface area contributed by atoms with Gasteiger partial charge >= 0.3 is 0 Å². The molecule has 2 saturated heterocycles. The minimum Gasteiger partial charge on any atom is -0.492 e. The second kappa shape index (κ2) is 11.4. The second-order valence-electron chi connectivity index (χ2n) is 8.06. The molecule has 0 unspecified atom stereocenters. The molecule has 7 heteroatoms. The van der Waals surface area contributed by atoms with Crippen molar-refractivity contribution in [1.29, 1.82) is 0 Å². The Morgan fingerprint density at radius 1 is 1.07 bits per heavy atom. The van der Waals surface area contributed by atoms with Crippen LogP contribution in [0.15, 0.2) is 12.1 Å². The van der Waals surface area contributed by atoms with Gasteiger partial charge in [0.2, 0.25) is 0 Å². The van der Waals surface area contributed by atoms with Crippen molar-refractivity contribution in [2.75, 3.05) is 62.8 Å². The van der Waals surface area contributed by atoms with Crippen molar-refractivity contribution < 1.29 is 23.9 Å². The van der Waals surface area contributed by atoms with Crippen molar-refractivity contribution in [2.24, 2.45) is 0 Å². The molecule has 0 aliphatic carbocycles. The first-order valence-electron chi connectivity index (χ1n) is 11.6. The molecule has 168 valence electrons. The van der Waals surface area contributed by atoms with Gasteiger partial charge in [0.15, 0.2) is 6.04 Å². The van der Waals surface area contributed by atoms with E-state index in [9.17, 15) is 4.79 Å². The summed E-state index contributed by atoms with van der Waals surface area (Å²) in [5, 5.41) is 3.13. The molecule has 1 aromatic rings. The summed E-state index contributed by atoms with van der Waals surface area (Å²) in [4.78, 5) is 16.7. The van der Waals surface area contributed by atoms with E-state index in [2.05, 4.69) is 10.2 Å². The quantitative estimate of drug-likeness (QED) is 0.674. The van der Waals surface area contributed by atoms with E-state index in [1.54, 1.807) is 0 Å². The smallest absolute Gasteiger partial charge is 0.282 e. The van der Waals surface area contributed by atoms with Crippen molar-refractivity contribution in [3.05, 3.63) is 12.1 Å². The molecule has 7 nitrogen and oxygen atoms in total. The number of nitrogens with one attached hydrogen (secondary N) is 2. The molecular formula is C23H38N3O4+. The number of likely N-dealkylation sites (tertiary alicyclic amines) is 1. The lowest BCUT2D eigenvalue weighted by molar-refractivity contribution is -0.913. The number of quaternary nitrogens is 1. The standard InChI is InChI=1S/C23H37N3O4/c1-4-29-21-17-20(26-12-14-28-15-13-26)22(30-5-2)16-19(21)24-23(27)18(3)25-10-8-6-7-9-11-25/h16-18H,4-15H2,1-3H3,(H,24,27)/p+1/t18-/m1/s1. The fourth-order valence-electron chi connectivity index (χ4n) is 4.29. The highest BCUT2D eigenvalue weighted by atomic mass is 16.5. The molecule has 3 rings (SSSR count). The predicted molar refractivity (Wildman–Crippen MR) is 119 cm³/mol. The Morgan fingerprint density at radius 2 is 1.70 bits per heavy atom. The molecule has 0 bridgehead atoms. The normalized spacial score (nSPS) is 19.1. The number of anilines is 2. The molecule has 2 aliphatic rings. The number of hydrogen-bond donors (Lipinski definition) is 2. The number of carbonyl (C=O) groups is 1. The molecule has 2 fully saturated rings. The lowest BCUT2D eigenvalue weighted by atomic mass is 10.2. The van der Waals surface area contributed by atoms with Crippen molar-refractivity contribution >= 4 is 17.3 Å². The van der Waals surface area contributed by atoms with Gasteiger partial charge in [-0.15, -0.1) is 0 Å². The van der Waals surface area contributed by atoms with Crippen LogP contribution in [-0.2, 0) is 9.53 Å². The van der Waals surface area contributed by atoms with Crippen LogP contribution in [0.3, 0.4) is 0 Å². The fraction of sp³-hybridized carbons (Fsp3) is 0.696. The van der Waals surface area contributed by atoms with Crippen LogP contribution in [0.5, 0.6) is 11.5 Å². The third-order valence-electron chi connectivity index (χ3n) is 6.02. The van der Waals surface area contributed by atoms with Gasteiger partial charge in [-0.1, -0.05) is 0 Å².